The molecule has 5 heteroatoms. The van der Waals surface area contributed by atoms with E-state index < -0.39 is 0 Å². The molecule has 1 N–H and O–H groups in total. The standard InChI is InChI=1S/C17H31N3O2/c1-12-14(13(2)20(19-12)8-9-21-7)11-18-15-10-16(3,4)22-17(15,5)6/h15,18H,8-11H2,1-7H3/t15-/m0/s1. The number of hydrogen-bond acceptors (Lipinski definition) is 4. The molecule has 2 heterocycles. The van der Waals surface area contributed by atoms with Crippen molar-refractivity contribution in [2.75, 3.05) is 13.7 Å². The van der Waals surface area contributed by atoms with E-state index in [-0.39, 0.29) is 11.2 Å². The van der Waals surface area contributed by atoms with Crippen LogP contribution < -0.4 is 5.32 Å². The van der Waals surface area contributed by atoms with Gasteiger partial charge in [0.05, 0.1) is 30.0 Å². The van der Waals surface area contributed by atoms with E-state index in [1.165, 1.54) is 11.3 Å². The fourth-order valence-electron chi connectivity index (χ4n) is 3.49. The molecule has 1 aliphatic heterocycles. The van der Waals surface area contributed by atoms with Crippen LogP contribution in [0.25, 0.3) is 0 Å². The van der Waals surface area contributed by atoms with E-state index in [1.54, 1.807) is 7.11 Å². The van der Waals surface area contributed by atoms with Gasteiger partial charge in [0, 0.05) is 31.0 Å². The van der Waals surface area contributed by atoms with Crippen molar-refractivity contribution in [2.45, 2.75) is 78.3 Å². The zero-order valence-electron chi connectivity index (χ0n) is 15.1. The minimum absolute atomic E-state index is 0.0616. The van der Waals surface area contributed by atoms with Gasteiger partial charge in [0.25, 0.3) is 0 Å². The van der Waals surface area contributed by atoms with Gasteiger partial charge in [-0.25, -0.2) is 0 Å². The normalized spacial score (nSPS) is 23.1. The molecule has 0 aromatic carbocycles. The lowest BCUT2D eigenvalue weighted by atomic mass is 9.94. The highest BCUT2D eigenvalue weighted by molar-refractivity contribution is 5.24. The summed E-state index contributed by atoms with van der Waals surface area (Å²) in [7, 11) is 1.72. The zero-order chi connectivity index (χ0) is 16.5. The van der Waals surface area contributed by atoms with Crippen molar-refractivity contribution in [3.05, 3.63) is 17.0 Å². The zero-order valence-corrected chi connectivity index (χ0v) is 15.1. The van der Waals surface area contributed by atoms with Gasteiger partial charge in [-0.05, 0) is 48.0 Å². The summed E-state index contributed by atoms with van der Waals surface area (Å²) in [6, 6.07) is 0.351. The molecule has 1 fully saturated rings. The van der Waals surface area contributed by atoms with Gasteiger partial charge in [-0.1, -0.05) is 0 Å². The van der Waals surface area contributed by atoms with Crippen LogP contribution in [0.5, 0.6) is 0 Å². The lowest BCUT2D eigenvalue weighted by molar-refractivity contribution is -0.0699. The summed E-state index contributed by atoms with van der Waals surface area (Å²) in [6.45, 7) is 15.2. The van der Waals surface area contributed by atoms with Crippen LogP contribution in [0.2, 0.25) is 0 Å². The van der Waals surface area contributed by atoms with Gasteiger partial charge in [0.15, 0.2) is 0 Å². The van der Waals surface area contributed by atoms with E-state index in [1.807, 2.05) is 4.68 Å². The van der Waals surface area contributed by atoms with Crippen molar-refractivity contribution in [3.8, 4) is 0 Å². The van der Waals surface area contributed by atoms with E-state index in [4.69, 9.17) is 9.47 Å². The van der Waals surface area contributed by atoms with Crippen molar-refractivity contribution >= 4 is 0 Å². The fraction of sp³-hybridized carbons (Fsp3) is 0.824. The van der Waals surface area contributed by atoms with Gasteiger partial charge in [0.2, 0.25) is 0 Å². The van der Waals surface area contributed by atoms with Crippen LogP contribution in [0.1, 0.15) is 51.1 Å². The molecule has 1 saturated heterocycles. The highest BCUT2D eigenvalue weighted by Gasteiger charge is 2.45. The van der Waals surface area contributed by atoms with Crippen LogP contribution in [0.4, 0.5) is 0 Å². The number of nitrogens with one attached hydrogen (secondary N) is 1. The highest BCUT2D eigenvalue weighted by Crippen LogP contribution is 2.37. The molecular weight excluding hydrogens is 278 g/mol. The molecular formula is C17H31N3O2. The fourth-order valence-corrected chi connectivity index (χ4v) is 3.49. The maximum atomic E-state index is 6.16. The van der Waals surface area contributed by atoms with E-state index in [9.17, 15) is 0 Å². The Morgan fingerprint density at radius 2 is 2.00 bits per heavy atom. The molecule has 126 valence electrons. The Hall–Kier alpha value is -0.910. The quantitative estimate of drug-likeness (QED) is 0.877. The first-order chi connectivity index (χ1) is 10.2. The van der Waals surface area contributed by atoms with Gasteiger partial charge in [0.1, 0.15) is 0 Å². The molecule has 0 amide bonds. The third-order valence-corrected chi connectivity index (χ3v) is 4.64. The summed E-state index contributed by atoms with van der Waals surface area (Å²) in [6.07, 6.45) is 1.02. The lowest BCUT2D eigenvalue weighted by Gasteiger charge is -2.28. The van der Waals surface area contributed by atoms with Crippen LogP contribution in [-0.2, 0) is 22.6 Å². The van der Waals surface area contributed by atoms with Crippen LogP contribution in [0.3, 0.4) is 0 Å². The minimum Gasteiger partial charge on any atom is -0.383 e. The molecule has 1 aromatic rings. The van der Waals surface area contributed by atoms with Crippen molar-refractivity contribution in [1.82, 2.24) is 15.1 Å². The summed E-state index contributed by atoms with van der Waals surface area (Å²) >= 11 is 0. The Bertz CT molecular complexity index is 520. The van der Waals surface area contributed by atoms with Crippen LogP contribution >= 0.6 is 0 Å². The molecule has 1 aromatic heterocycles. The maximum Gasteiger partial charge on any atom is 0.0787 e. The first kappa shape index (κ1) is 17.4. The Kier molecular flexibility index (Phi) is 5.00. The Labute approximate surface area is 134 Å². The second-order valence-electron chi connectivity index (χ2n) is 7.47. The molecule has 1 aliphatic rings. The van der Waals surface area contributed by atoms with Crippen LogP contribution in [-0.4, -0.2) is 40.7 Å². The highest BCUT2D eigenvalue weighted by atomic mass is 16.5. The summed E-state index contributed by atoms with van der Waals surface area (Å²) in [5.74, 6) is 0. The predicted octanol–water partition coefficient (Wildman–Crippen LogP) is 2.58. The van der Waals surface area contributed by atoms with Crippen LogP contribution in [0, 0.1) is 13.8 Å². The largest absolute Gasteiger partial charge is 0.383 e. The first-order valence-electron chi connectivity index (χ1n) is 8.11. The van der Waals surface area contributed by atoms with Gasteiger partial charge in [-0.15, -0.1) is 0 Å². The average Bonchev–Trinajstić information content (AvgIpc) is 2.77. The third kappa shape index (κ3) is 3.70. The van der Waals surface area contributed by atoms with Gasteiger partial charge in [-0.2, -0.15) is 5.10 Å². The monoisotopic (exact) mass is 309 g/mol. The van der Waals surface area contributed by atoms with Crippen molar-refractivity contribution in [3.63, 3.8) is 0 Å². The lowest BCUT2D eigenvalue weighted by Crippen LogP contribution is -2.43. The number of ether oxygens (including phenoxy) is 2. The Morgan fingerprint density at radius 1 is 1.32 bits per heavy atom. The summed E-state index contributed by atoms with van der Waals surface area (Å²) in [5, 5.41) is 8.31. The number of aryl methyl sites for hydroxylation is 1. The van der Waals surface area contributed by atoms with E-state index in [2.05, 4.69) is 52.0 Å². The number of methoxy groups -OCH3 is 1. The Balaban J connectivity index is 2.04. The smallest absolute Gasteiger partial charge is 0.0787 e. The molecule has 22 heavy (non-hydrogen) atoms. The van der Waals surface area contributed by atoms with E-state index >= 15 is 0 Å². The summed E-state index contributed by atoms with van der Waals surface area (Å²) in [4.78, 5) is 0. The van der Waals surface area contributed by atoms with Gasteiger partial charge >= 0.3 is 0 Å². The molecule has 0 radical (unpaired) electrons. The maximum absolute atomic E-state index is 6.16. The SMILES string of the molecule is COCCn1nc(C)c(CN[C@H]2CC(C)(C)OC2(C)C)c1C. The molecule has 5 nitrogen and oxygen atoms in total. The van der Waals surface area contributed by atoms with E-state index in [0.717, 1.165) is 25.2 Å². The van der Waals surface area contributed by atoms with E-state index in [0.29, 0.717) is 12.6 Å². The summed E-state index contributed by atoms with van der Waals surface area (Å²) < 4.78 is 13.3. The molecule has 0 unspecified atom stereocenters. The second kappa shape index (κ2) is 6.30. The molecule has 0 aliphatic carbocycles. The van der Waals surface area contributed by atoms with Gasteiger partial charge < -0.3 is 14.8 Å². The number of nitrogens with zero attached hydrogens (tertiary/aromatic N) is 2. The predicted molar refractivity (Wildman–Crippen MR) is 88.1 cm³/mol. The number of hydrogen-bond donors (Lipinski definition) is 1. The molecule has 1 atom stereocenters. The van der Waals surface area contributed by atoms with Crippen LogP contribution in [0.15, 0.2) is 0 Å². The number of rotatable bonds is 6. The Morgan fingerprint density at radius 3 is 2.55 bits per heavy atom. The molecule has 0 spiro atoms. The average molecular weight is 309 g/mol. The molecule has 0 saturated carbocycles. The van der Waals surface area contributed by atoms with Crippen molar-refractivity contribution < 1.29 is 9.47 Å². The second-order valence-corrected chi connectivity index (χ2v) is 7.47. The van der Waals surface area contributed by atoms with Crippen molar-refractivity contribution in [2.24, 2.45) is 0 Å². The third-order valence-electron chi connectivity index (χ3n) is 4.64. The first-order valence-corrected chi connectivity index (χ1v) is 8.11. The molecule has 2 rings (SSSR count). The number of aromatic nitrogens is 2. The van der Waals surface area contributed by atoms with Crippen molar-refractivity contribution in [1.29, 1.82) is 0 Å². The molecule has 0 bridgehead atoms. The summed E-state index contributed by atoms with van der Waals surface area (Å²) in [5.41, 5.74) is 3.40. The topological polar surface area (TPSA) is 48.3 Å². The minimum atomic E-state index is -0.142. The van der Waals surface area contributed by atoms with Gasteiger partial charge in [-0.3, -0.25) is 4.68 Å².